The van der Waals surface area contributed by atoms with Gasteiger partial charge < -0.3 is 36.2 Å². The Kier molecular flexibility index (Phi) is 14.0. The number of urea groups is 2. The molecule has 290 valence electrons. The molecule has 0 aliphatic carbocycles. The van der Waals surface area contributed by atoms with Crippen molar-refractivity contribution in [2.24, 2.45) is 0 Å². The van der Waals surface area contributed by atoms with Crippen molar-refractivity contribution < 1.29 is 24.5 Å². The second kappa shape index (κ2) is 19.3. The number of carbonyl (C=O) groups is 2. The molecule has 54 heavy (non-hydrogen) atoms. The molecule has 0 bridgehead atoms. The summed E-state index contributed by atoms with van der Waals surface area (Å²) < 4.78 is 5.32. The first-order valence-corrected chi connectivity index (χ1v) is 18.7. The Morgan fingerprint density at radius 2 is 1.30 bits per heavy atom. The van der Waals surface area contributed by atoms with Crippen molar-refractivity contribution in [2.45, 2.75) is 76.2 Å². The van der Waals surface area contributed by atoms with E-state index in [0.29, 0.717) is 44.1 Å². The van der Waals surface area contributed by atoms with Gasteiger partial charge in [0, 0.05) is 36.5 Å². The lowest BCUT2D eigenvalue weighted by atomic mass is 10.0. The van der Waals surface area contributed by atoms with Gasteiger partial charge in [0.05, 0.1) is 38.3 Å². The zero-order valence-electron chi connectivity index (χ0n) is 30.8. The molecule has 7 unspecified atom stereocenters. The van der Waals surface area contributed by atoms with E-state index < -0.39 is 18.7 Å². The highest BCUT2D eigenvalue weighted by molar-refractivity contribution is 5.94. The number of hydrogen-bond donors (Lipinski definition) is 12. The molecule has 2 fully saturated rings. The van der Waals surface area contributed by atoms with Gasteiger partial charge in [-0.15, -0.1) is 0 Å². The molecule has 2 heterocycles. The van der Waals surface area contributed by atoms with Crippen LogP contribution in [0.15, 0.2) is 78.9 Å². The number of aliphatic hydroxyl groups is 2. The molecule has 2 aliphatic rings. The minimum atomic E-state index is -0.645. The predicted octanol–water partition coefficient (Wildman–Crippen LogP) is 2.19. The number of rotatable bonds is 15. The topological polar surface area (TPSA) is 204 Å². The van der Waals surface area contributed by atoms with Crippen LogP contribution in [0.3, 0.4) is 0 Å². The van der Waals surface area contributed by atoms with Crippen molar-refractivity contribution in [3.8, 4) is 0 Å². The maximum Gasteiger partial charge on any atom is 0.321 e. The molecule has 6 rings (SSSR count). The molecule has 4 aromatic carbocycles. The van der Waals surface area contributed by atoms with Gasteiger partial charge in [0.2, 0.25) is 0 Å². The third kappa shape index (κ3) is 11.8. The van der Waals surface area contributed by atoms with E-state index in [1.165, 1.54) is 0 Å². The molecule has 2 aliphatic heterocycles. The third-order valence-corrected chi connectivity index (χ3v) is 9.48. The van der Waals surface area contributed by atoms with E-state index >= 15 is 0 Å². The smallest absolute Gasteiger partial charge is 0.321 e. The molecular weight excluding hydrogens is 688 g/mol. The molecule has 2 saturated heterocycles. The molecule has 4 amide bonds. The van der Waals surface area contributed by atoms with Crippen LogP contribution in [-0.2, 0) is 11.2 Å². The van der Waals surface area contributed by atoms with E-state index in [4.69, 9.17) is 9.84 Å². The number of benzene rings is 4. The summed E-state index contributed by atoms with van der Waals surface area (Å²) in [7, 11) is 0. The first-order valence-electron chi connectivity index (χ1n) is 18.7. The molecule has 12 N–H and O–H groups in total. The van der Waals surface area contributed by atoms with Gasteiger partial charge in [-0.3, -0.25) is 31.9 Å². The molecule has 15 heteroatoms. The van der Waals surface area contributed by atoms with E-state index in [0.717, 1.165) is 39.9 Å². The van der Waals surface area contributed by atoms with Crippen molar-refractivity contribution >= 4 is 45.0 Å². The van der Waals surface area contributed by atoms with E-state index in [9.17, 15) is 14.7 Å². The van der Waals surface area contributed by atoms with E-state index in [1.54, 1.807) is 0 Å². The van der Waals surface area contributed by atoms with Gasteiger partial charge in [0.25, 0.3) is 0 Å². The Morgan fingerprint density at radius 1 is 0.722 bits per heavy atom. The van der Waals surface area contributed by atoms with E-state index in [1.807, 2.05) is 78.9 Å². The lowest BCUT2D eigenvalue weighted by Crippen LogP contribution is -2.68. The SMILES string of the molecule is CC1CC(NCCOCCO)NC(NC(=O)Nc2ccc3ccc(CC(O)CNC4CC(C)NC(NC(=O)Nc5ccc6ccccc6c5)N4)cc3c2)N1. The predicted molar refractivity (Wildman–Crippen MR) is 212 cm³/mol. The number of aliphatic hydroxyl groups excluding tert-OH is 2. The first-order chi connectivity index (χ1) is 26.2. The van der Waals surface area contributed by atoms with E-state index in [2.05, 4.69) is 67.0 Å². The Labute approximate surface area is 315 Å². The van der Waals surface area contributed by atoms with Gasteiger partial charge in [-0.2, -0.15) is 0 Å². The highest BCUT2D eigenvalue weighted by Gasteiger charge is 2.27. The van der Waals surface area contributed by atoms with Gasteiger partial charge in [0.1, 0.15) is 12.6 Å². The quantitative estimate of drug-likeness (QED) is 0.0797. The summed E-state index contributed by atoms with van der Waals surface area (Å²) in [5, 5.41) is 55.9. The molecule has 0 aromatic heterocycles. The first kappa shape index (κ1) is 39.3. The van der Waals surface area contributed by atoms with Crippen LogP contribution >= 0.6 is 0 Å². The van der Waals surface area contributed by atoms with Crippen molar-refractivity contribution in [1.29, 1.82) is 0 Å². The summed E-state index contributed by atoms with van der Waals surface area (Å²) >= 11 is 0. The van der Waals surface area contributed by atoms with Gasteiger partial charge in [-0.05, 0) is 84.5 Å². The van der Waals surface area contributed by atoms with Crippen LogP contribution in [0.4, 0.5) is 21.0 Å². The van der Waals surface area contributed by atoms with Gasteiger partial charge in [0.15, 0.2) is 0 Å². The average molecular weight is 743 g/mol. The maximum absolute atomic E-state index is 12.9. The summed E-state index contributed by atoms with van der Waals surface area (Å²) in [6.45, 7) is 5.90. The molecule has 4 aromatic rings. The Hall–Kier alpha value is -4.42. The fourth-order valence-corrected chi connectivity index (χ4v) is 6.96. The van der Waals surface area contributed by atoms with Gasteiger partial charge in [-0.25, -0.2) is 9.59 Å². The maximum atomic E-state index is 12.9. The summed E-state index contributed by atoms with van der Waals surface area (Å²) in [6.07, 6.45) is 0.361. The van der Waals surface area contributed by atoms with Crippen molar-refractivity contribution in [3.05, 3.63) is 84.4 Å². The largest absolute Gasteiger partial charge is 0.394 e. The Morgan fingerprint density at radius 3 is 1.94 bits per heavy atom. The number of amides is 4. The lowest BCUT2D eigenvalue weighted by molar-refractivity contribution is 0.0890. The highest BCUT2D eigenvalue weighted by atomic mass is 16.5. The number of fused-ring (bicyclic) bond motifs is 2. The number of nitrogens with one attached hydrogen (secondary N) is 10. The lowest BCUT2D eigenvalue weighted by Gasteiger charge is -2.37. The fourth-order valence-electron chi connectivity index (χ4n) is 6.96. The van der Waals surface area contributed by atoms with E-state index in [-0.39, 0.29) is 43.1 Å². The zero-order valence-corrected chi connectivity index (χ0v) is 30.8. The van der Waals surface area contributed by atoms with Gasteiger partial charge in [-0.1, -0.05) is 54.6 Å². The van der Waals surface area contributed by atoms with Crippen LogP contribution in [0.1, 0.15) is 32.3 Å². The van der Waals surface area contributed by atoms with Crippen LogP contribution in [0, 0.1) is 0 Å². The zero-order chi connectivity index (χ0) is 37.9. The van der Waals surface area contributed by atoms with Crippen molar-refractivity contribution in [3.63, 3.8) is 0 Å². The summed E-state index contributed by atoms with van der Waals surface area (Å²) in [5.41, 5.74) is 2.33. The number of carbonyl (C=O) groups excluding carboxylic acids is 2. The molecular formula is C39H54N10O5. The van der Waals surface area contributed by atoms with Crippen LogP contribution in [0.2, 0.25) is 0 Å². The molecule has 0 saturated carbocycles. The van der Waals surface area contributed by atoms with Crippen LogP contribution in [-0.4, -0.2) is 98.3 Å². The van der Waals surface area contributed by atoms with Crippen LogP contribution in [0.5, 0.6) is 0 Å². The van der Waals surface area contributed by atoms with Crippen LogP contribution in [0.25, 0.3) is 21.5 Å². The second-order valence-corrected chi connectivity index (χ2v) is 14.1. The Balaban J connectivity index is 0.948. The normalized spacial score (nSPS) is 23.5. The van der Waals surface area contributed by atoms with Crippen molar-refractivity contribution in [1.82, 2.24) is 42.5 Å². The third-order valence-electron chi connectivity index (χ3n) is 9.48. The van der Waals surface area contributed by atoms with Crippen molar-refractivity contribution in [2.75, 3.05) is 43.5 Å². The fraction of sp³-hybridized carbons (Fsp3) is 0.436. The summed E-state index contributed by atoms with van der Waals surface area (Å²) in [4.78, 5) is 25.8. The molecule has 0 radical (unpaired) electrons. The Bertz CT molecular complexity index is 1850. The number of ether oxygens (including phenoxy) is 1. The average Bonchev–Trinajstić information content (AvgIpc) is 3.13. The minimum absolute atomic E-state index is 0.00159. The highest BCUT2D eigenvalue weighted by Crippen LogP contribution is 2.22. The monoisotopic (exact) mass is 742 g/mol. The number of anilines is 2. The molecule has 7 atom stereocenters. The summed E-state index contributed by atoms with van der Waals surface area (Å²) in [5.74, 6) is 0. The minimum Gasteiger partial charge on any atom is -0.394 e. The van der Waals surface area contributed by atoms with Crippen LogP contribution < -0.4 is 53.2 Å². The standard InChI is InChI=1S/C39H54N10O5/c1-24-17-34(40-13-15-54-16-14-50)46-36(42-24)48-39(53)45-32-12-10-28-8-7-26(19-30(28)22-32)20-33(51)23-41-35-18-25(2)43-37(47-35)49-38(52)44-31-11-9-27-5-3-4-6-29(27)21-31/h3-12,19,21-22,24-25,33-37,40-43,46-47,50-51H,13-18,20,23H2,1-2H3,(H2,44,49,52)(H2,45,48,53). The second-order valence-electron chi connectivity index (χ2n) is 14.1. The molecule has 15 nitrogen and oxygen atoms in total. The number of hydrogen-bond acceptors (Lipinski definition) is 11. The van der Waals surface area contributed by atoms with Gasteiger partial charge >= 0.3 is 12.1 Å². The molecule has 0 spiro atoms. The summed E-state index contributed by atoms with van der Waals surface area (Å²) in [6, 6.07) is 25.2.